The first-order chi connectivity index (χ1) is 7.09. The van der Waals surface area contributed by atoms with Crippen molar-refractivity contribution in [2.24, 2.45) is 0 Å². The highest BCUT2D eigenvalue weighted by atomic mass is 35.5. The van der Waals surface area contributed by atoms with Gasteiger partial charge in [0.1, 0.15) is 16.4 Å². The molecular weight excluding hydrogens is 218 g/mol. The lowest BCUT2D eigenvalue weighted by Crippen LogP contribution is -1.99. The van der Waals surface area contributed by atoms with Gasteiger partial charge in [-0.1, -0.05) is 23.7 Å². The summed E-state index contributed by atoms with van der Waals surface area (Å²) in [4.78, 5) is 14.6. The lowest BCUT2D eigenvalue weighted by atomic mass is 10.1. The van der Waals surface area contributed by atoms with Gasteiger partial charge in [0.05, 0.1) is 5.56 Å². The number of carboxylic acid groups (broad SMARTS) is 1. The number of hydrogen-bond donors (Lipinski definition) is 2. The van der Waals surface area contributed by atoms with Crippen LogP contribution in [0.1, 0.15) is 10.4 Å². The zero-order valence-electron chi connectivity index (χ0n) is 7.44. The number of carboxylic acids is 1. The summed E-state index contributed by atoms with van der Waals surface area (Å²) in [5.74, 6) is -1.16. The van der Waals surface area contributed by atoms with Gasteiger partial charge < -0.3 is 10.2 Å². The number of hydrogen-bond acceptors (Lipinski definition) is 3. The summed E-state index contributed by atoms with van der Waals surface area (Å²) in [6, 6.07) is 6.11. The van der Waals surface area contributed by atoms with Crippen LogP contribution >= 0.6 is 11.6 Å². The van der Waals surface area contributed by atoms with Crippen LogP contribution in [0.4, 0.5) is 0 Å². The smallest absolute Gasteiger partial charge is 0.338 e. The summed E-state index contributed by atoms with van der Waals surface area (Å²) in [6.45, 7) is 0. The fourth-order valence-corrected chi connectivity index (χ4v) is 1.53. The average Bonchev–Trinajstić information content (AvgIpc) is 2.18. The van der Waals surface area contributed by atoms with Crippen LogP contribution in [0.25, 0.3) is 10.9 Å². The van der Waals surface area contributed by atoms with Crippen molar-refractivity contribution in [1.29, 1.82) is 0 Å². The SMILES string of the molecule is O=C(O)c1cc2cccc(O)c2nc1Cl. The molecule has 2 rings (SSSR count). The van der Waals surface area contributed by atoms with E-state index in [4.69, 9.17) is 16.7 Å². The molecule has 0 bridgehead atoms. The number of rotatable bonds is 1. The van der Waals surface area contributed by atoms with E-state index in [0.29, 0.717) is 10.9 Å². The Balaban J connectivity index is 2.82. The van der Waals surface area contributed by atoms with Gasteiger partial charge in [0.15, 0.2) is 0 Å². The molecule has 0 amide bonds. The summed E-state index contributed by atoms with van der Waals surface area (Å²) in [5, 5.41) is 18.7. The van der Waals surface area contributed by atoms with E-state index in [1.165, 1.54) is 12.1 Å². The lowest BCUT2D eigenvalue weighted by Gasteiger charge is -2.03. The summed E-state index contributed by atoms with van der Waals surface area (Å²) in [5.41, 5.74) is 0.224. The highest BCUT2D eigenvalue weighted by Gasteiger charge is 2.12. The van der Waals surface area contributed by atoms with Gasteiger partial charge in [0.25, 0.3) is 0 Å². The Hall–Kier alpha value is -1.81. The standard InChI is InChI=1S/C10H6ClNO3/c11-9-6(10(14)15)4-5-2-1-3-7(13)8(5)12-9/h1-4,13H,(H,14,15). The normalized spacial score (nSPS) is 10.5. The molecule has 4 nitrogen and oxygen atoms in total. The average molecular weight is 224 g/mol. The molecule has 1 aromatic heterocycles. The summed E-state index contributed by atoms with van der Waals surface area (Å²) >= 11 is 5.67. The molecule has 2 aromatic rings. The molecule has 0 aliphatic heterocycles. The summed E-state index contributed by atoms with van der Waals surface area (Å²) < 4.78 is 0. The molecule has 0 unspecified atom stereocenters. The number of aromatic carboxylic acids is 1. The van der Waals surface area contributed by atoms with E-state index in [2.05, 4.69) is 4.98 Å². The molecule has 0 spiro atoms. The van der Waals surface area contributed by atoms with Crippen LogP contribution in [0.5, 0.6) is 5.75 Å². The van der Waals surface area contributed by atoms with Gasteiger partial charge in [-0.05, 0) is 12.1 Å². The van der Waals surface area contributed by atoms with Crippen molar-refractivity contribution in [2.45, 2.75) is 0 Å². The molecule has 0 saturated carbocycles. The quantitative estimate of drug-likeness (QED) is 0.728. The number of phenolic OH excluding ortho intramolecular Hbond substituents is 1. The second-order valence-electron chi connectivity index (χ2n) is 2.98. The minimum Gasteiger partial charge on any atom is -0.506 e. The fourth-order valence-electron chi connectivity index (χ4n) is 1.31. The van der Waals surface area contributed by atoms with Crippen LogP contribution in [0.3, 0.4) is 0 Å². The second-order valence-corrected chi connectivity index (χ2v) is 3.34. The third kappa shape index (κ3) is 1.59. The van der Waals surface area contributed by atoms with Gasteiger partial charge in [-0.15, -0.1) is 0 Å². The van der Waals surface area contributed by atoms with Crippen molar-refractivity contribution in [1.82, 2.24) is 4.98 Å². The second kappa shape index (κ2) is 3.40. The van der Waals surface area contributed by atoms with E-state index in [9.17, 15) is 9.90 Å². The Morgan fingerprint density at radius 1 is 1.40 bits per heavy atom. The monoisotopic (exact) mass is 223 g/mol. The molecule has 0 radical (unpaired) electrons. The van der Waals surface area contributed by atoms with E-state index < -0.39 is 5.97 Å². The van der Waals surface area contributed by atoms with Crippen molar-refractivity contribution in [3.63, 3.8) is 0 Å². The number of nitrogens with zero attached hydrogens (tertiary/aromatic N) is 1. The van der Waals surface area contributed by atoms with Gasteiger partial charge in [0.2, 0.25) is 0 Å². The van der Waals surface area contributed by atoms with Crippen LogP contribution in [0, 0.1) is 0 Å². The van der Waals surface area contributed by atoms with Gasteiger partial charge in [0, 0.05) is 5.39 Å². The fraction of sp³-hybridized carbons (Fsp3) is 0. The largest absolute Gasteiger partial charge is 0.506 e. The molecular formula is C10H6ClNO3. The summed E-state index contributed by atoms with van der Waals surface area (Å²) in [6.07, 6.45) is 0. The number of benzene rings is 1. The Morgan fingerprint density at radius 2 is 2.13 bits per heavy atom. The predicted octanol–water partition coefficient (Wildman–Crippen LogP) is 2.29. The predicted molar refractivity (Wildman–Crippen MR) is 55.4 cm³/mol. The number of para-hydroxylation sites is 1. The number of halogens is 1. The van der Waals surface area contributed by atoms with Crippen molar-refractivity contribution in [3.05, 3.63) is 35.0 Å². The highest BCUT2D eigenvalue weighted by molar-refractivity contribution is 6.32. The molecule has 1 aromatic carbocycles. The Morgan fingerprint density at radius 3 is 2.80 bits per heavy atom. The minimum absolute atomic E-state index is 0.0219. The number of aromatic hydroxyl groups is 1. The topological polar surface area (TPSA) is 70.4 Å². The van der Waals surface area contributed by atoms with Crippen LogP contribution in [0.15, 0.2) is 24.3 Å². The van der Waals surface area contributed by atoms with Gasteiger partial charge >= 0.3 is 5.97 Å². The molecule has 15 heavy (non-hydrogen) atoms. The summed E-state index contributed by atoms with van der Waals surface area (Å²) in [7, 11) is 0. The van der Waals surface area contributed by atoms with Crippen molar-refractivity contribution in [2.75, 3.05) is 0 Å². The third-order valence-corrected chi connectivity index (χ3v) is 2.30. The maximum atomic E-state index is 10.8. The number of phenols is 1. The Bertz CT molecular complexity index is 554. The lowest BCUT2D eigenvalue weighted by molar-refractivity contribution is 0.0697. The molecule has 0 atom stereocenters. The molecule has 0 aliphatic rings. The molecule has 0 aliphatic carbocycles. The molecule has 76 valence electrons. The van der Waals surface area contributed by atoms with Gasteiger partial charge in [-0.25, -0.2) is 9.78 Å². The highest BCUT2D eigenvalue weighted by Crippen LogP contribution is 2.26. The van der Waals surface area contributed by atoms with E-state index in [0.717, 1.165) is 0 Å². The van der Waals surface area contributed by atoms with Gasteiger partial charge in [-0.3, -0.25) is 0 Å². The number of pyridine rings is 1. The molecule has 2 N–H and O–H groups in total. The van der Waals surface area contributed by atoms with Crippen LogP contribution < -0.4 is 0 Å². The maximum Gasteiger partial charge on any atom is 0.338 e. The first-order valence-corrected chi connectivity index (χ1v) is 4.49. The van der Waals surface area contributed by atoms with Crippen molar-refractivity contribution < 1.29 is 15.0 Å². The van der Waals surface area contributed by atoms with Crippen molar-refractivity contribution >= 4 is 28.5 Å². The van der Waals surface area contributed by atoms with Crippen LogP contribution in [0.2, 0.25) is 5.15 Å². The zero-order chi connectivity index (χ0) is 11.0. The number of aromatic nitrogens is 1. The molecule has 0 saturated heterocycles. The van der Waals surface area contributed by atoms with E-state index in [1.807, 2.05) is 0 Å². The minimum atomic E-state index is -1.14. The van der Waals surface area contributed by atoms with Crippen molar-refractivity contribution in [3.8, 4) is 5.75 Å². The molecule has 0 fully saturated rings. The molecule has 5 heteroatoms. The number of fused-ring (bicyclic) bond motifs is 1. The first-order valence-electron chi connectivity index (χ1n) is 4.11. The maximum absolute atomic E-state index is 10.8. The molecule has 1 heterocycles. The van der Waals surface area contributed by atoms with E-state index >= 15 is 0 Å². The van der Waals surface area contributed by atoms with E-state index in [-0.39, 0.29) is 16.5 Å². The Labute approximate surface area is 89.8 Å². The van der Waals surface area contributed by atoms with Crippen LogP contribution in [-0.4, -0.2) is 21.2 Å². The third-order valence-electron chi connectivity index (χ3n) is 2.01. The first kappa shape index (κ1) is 9.73. The van der Waals surface area contributed by atoms with Crippen LogP contribution in [-0.2, 0) is 0 Å². The Kier molecular flexibility index (Phi) is 2.21. The van der Waals surface area contributed by atoms with E-state index in [1.54, 1.807) is 12.1 Å². The van der Waals surface area contributed by atoms with Gasteiger partial charge in [-0.2, -0.15) is 0 Å². The zero-order valence-corrected chi connectivity index (χ0v) is 8.19. The number of carbonyl (C=O) groups is 1.